The molecule has 67 heavy (non-hydrogen) atoms. The van der Waals surface area contributed by atoms with Crippen molar-refractivity contribution in [2.75, 3.05) is 0 Å². The van der Waals surface area contributed by atoms with E-state index in [1.165, 1.54) is 64.3 Å². The zero-order chi connectivity index (χ0) is 44.3. The molecule has 0 saturated carbocycles. The van der Waals surface area contributed by atoms with Gasteiger partial charge in [-0.05, 0) is 79.0 Å². The highest BCUT2D eigenvalue weighted by Crippen LogP contribution is 2.39. The molecule has 0 aliphatic rings. The zero-order valence-electron chi connectivity index (χ0n) is 36.7. The lowest BCUT2D eigenvalue weighted by Gasteiger charge is -2.34. The van der Waals surface area contributed by atoms with E-state index in [0.29, 0.717) is 0 Å². The van der Waals surface area contributed by atoms with Gasteiger partial charge in [-0.25, -0.2) is 4.98 Å². The van der Waals surface area contributed by atoms with E-state index < -0.39 is 8.07 Å². The monoisotopic (exact) mass is 869 g/mol. The highest BCUT2D eigenvalue weighted by Gasteiger charge is 2.41. The molecule has 2 aromatic heterocycles. The van der Waals surface area contributed by atoms with Gasteiger partial charge in [0, 0.05) is 38.5 Å². The summed E-state index contributed by atoms with van der Waals surface area (Å²) in [6, 6.07) is 95.7. The maximum Gasteiger partial charge on any atom is 0.179 e. The second-order valence-corrected chi connectivity index (χ2v) is 21.3. The number of para-hydroxylation sites is 3. The highest BCUT2D eigenvalue weighted by molar-refractivity contribution is 7.19. The largest absolute Gasteiger partial charge is 0.309 e. The number of hydrogen-bond donors (Lipinski definition) is 0. The molecule has 0 spiro atoms. The molecule has 314 valence electrons. The van der Waals surface area contributed by atoms with Gasteiger partial charge in [0.1, 0.15) is 5.82 Å². The number of nitrogens with zero attached hydrogens (tertiary/aromatic N) is 3. The Bertz CT molecular complexity index is 3840. The van der Waals surface area contributed by atoms with Crippen molar-refractivity contribution in [3.8, 4) is 33.9 Å². The Morgan fingerprint density at radius 3 is 1.19 bits per heavy atom. The van der Waals surface area contributed by atoms with Gasteiger partial charge < -0.3 is 4.57 Å². The molecule has 0 amide bonds. The molecule has 0 radical (unpaired) electrons. The minimum atomic E-state index is -2.81. The average Bonchev–Trinajstić information content (AvgIpc) is 3.98. The summed E-state index contributed by atoms with van der Waals surface area (Å²) in [4.78, 5) is 5.48. The van der Waals surface area contributed by atoms with Crippen molar-refractivity contribution in [2.45, 2.75) is 0 Å². The molecule has 0 saturated heterocycles. The molecule has 0 unspecified atom stereocenters. The van der Waals surface area contributed by atoms with E-state index >= 15 is 0 Å². The third-order valence-electron chi connectivity index (χ3n) is 13.9. The van der Waals surface area contributed by atoms with Crippen LogP contribution in [0.15, 0.2) is 261 Å². The third kappa shape index (κ3) is 6.15. The zero-order valence-corrected chi connectivity index (χ0v) is 37.7. The number of fused-ring (bicyclic) bond motifs is 9. The normalized spacial score (nSPS) is 11.9. The summed E-state index contributed by atoms with van der Waals surface area (Å²) in [5.74, 6) is 0.926. The first kappa shape index (κ1) is 38.8. The maximum atomic E-state index is 5.48. The first-order valence-electron chi connectivity index (χ1n) is 23.0. The fourth-order valence-electron chi connectivity index (χ4n) is 10.9. The van der Waals surface area contributed by atoms with Crippen LogP contribution < -0.4 is 20.7 Å². The van der Waals surface area contributed by atoms with Gasteiger partial charge in [-0.15, -0.1) is 0 Å². The van der Waals surface area contributed by atoms with Gasteiger partial charge in [0.15, 0.2) is 8.07 Å². The minimum absolute atomic E-state index is 0.926. The summed E-state index contributed by atoms with van der Waals surface area (Å²) in [5, 5.41) is 12.7. The van der Waals surface area contributed by atoms with Gasteiger partial charge in [0.25, 0.3) is 0 Å². The van der Waals surface area contributed by atoms with E-state index in [2.05, 4.69) is 270 Å². The van der Waals surface area contributed by atoms with E-state index in [0.717, 1.165) is 44.7 Å². The van der Waals surface area contributed by atoms with Crippen molar-refractivity contribution >= 4 is 83.2 Å². The van der Waals surface area contributed by atoms with Crippen LogP contribution in [-0.4, -0.2) is 22.2 Å². The Kier molecular flexibility index (Phi) is 9.19. The summed E-state index contributed by atoms with van der Waals surface area (Å²) >= 11 is 0. The van der Waals surface area contributed by atoms with Crippen LogP contribution in [0.1, 0.15) is 0 Å². The smallest absolute Gasteiger partial charge is 0.179 e. The molecule has 0 aliphatic heterocycles. The quantitative estimate of drug-likeness (QED) is 0.0847. The first-order valence-corrected chi connectivity index (χ1v) is 25.0. The van der Waals surface area contributed by atoms with Gasteiger partial charge in [-0.3, -0.25) is 4.57 Å². The van der Waals surface area contributed by atoms with Crippen LogP contribution in [0, 0.1) is 0 Å². The van der Waals surface area contributed by atoms with Crippen LogP contribution in [0.5, 0.6) is 0 Å². The fraction of sp³-hybridized carbons (Fsp3) is 0. The predicted molar refractivity (Wildman–Crippen MR) is 285 cm³/mol. The lowest BCUT2D eigenvalue weighted by molar-refractivity contribution is 1.11. The average molecular weight is 870 g/mol. The van der Waals surface area contributed by atoms with Crippen molar-refractivity contribution in [2.24, 2.45) is 0 Å². The molecule has 2 heterocycles. The van der Waals surface area contributed by atoms with Crippen molar-refractivity contribution in [1.29, 1.82) is 0 Å². The standard InChI is InChI=1S/C63H43N3Si/c1-4-18-47(19-5-1)66-62-58-29-13-11-25-54(58)53-24-10-12-28-57(53)61(62)64-63(66)46-34-32-44(33-35-46)45-36-40-51(41-37-45)67(49-20-6-2-7-21-49,50-22-8-3-9-23-50)52-42-38-48(39-43-52)65-59-30-16-14-26-55(59)56-27-15-17-31-60(56)65/h1-43H. The molecule has 0 bridgehead atoms. The summed E-state index contributed by atoms with van der Waals surface area (Å²) < 4.78 is 4.75. The number of hydrogen-bond acceptors (Lipinski definition) is 1. The Morgan fingerprint density at radius 1 is 0.269 bits per heavy atom. The van der Waals surface area contributed by atoms with Crippen LogP contribution in [0.2, 0.25) is 0 Å². The summed E-state index contributed by atoms with van der Waals surface area (Å²) in [7, 11) is -2.81. The van der Waals surface area contributed by atoms with Gasteiger partial charge in [0.05, 0.1) is 22.1 Å². The van der Waals surface area contributed by atoms with Crippen LogP contribution in [0.4, 0.5) is 0 Å². The van der Waals surface area contributed by atoms with Gasteiger partial charge >= 0.3 is 0 Å². The van der Waals surface area contributed by atoms with E-state index in [1.807, 2.05) is 0 Å². The van der Waals surface area contributed by atoms with Gasteiger partial charge in [-0.1, -0.05) is 224 Å². The maximum absolute atomic E-state index is 5.48. The Hall–Kier alpha value is -8.57. The molecular formula is C63H43N3Si. The fourth-order valence-corrected chi connectivity index (χ4v) is 15.6. The number of rotatable bonds is 8. The SMILES string of the molecule is c1ccc(-n2c(-c3ccc(-c4ccc([Si](c5ccccc5)(c5ccccc5)c5ccc(-n6c7ccccc7c7ccccc76)cc5)cc4)cc3)nc3c4ccccc4c4ccccc4c32)cc1. The Labute approximate surface area is 390 Å². The second-order valence-electron chi connectivity index (χ2n) is 17.4. The highest BCUT2D eigenvalue weighted by atomic mass is 28.3. The molecular weight excluding hydrogens is 827 g/mol. The summed E-state index contributed by atoms with van der Waals surface area (Å²) in [6.07, 6.45) is 0. The van der Waals surface area contributed by atoms with Crippen LogP contribution in [-0.2, 0) is 0 Å². The van der Waals surface area contributed by atoms with Crippen molar-refractivity contribution in [1.82, 2.24) is 14.1 Å². The van der Waals surface area contributed by atoms with Gasteiger partial charge in [-0.2, -0.15) is 0 Å². The first-order chi connectivity index (χ1) is 33.3. The third-order valence-corrected chi connectivity index (χ3v) is 18.7. The lowest BCUT2D eigenvalue weighted by atomic mass is 10.00. The van der Waals surface area contributed by atoms with Crippen molar-refractivity contribution in [3.05, 3.63) is 261 Å². The molecule has 4 heteroatoms. The van der Waals surface area contributed by atoms with Crippen LogP contribution >= 0.6 is 0 Å². The topological polar surface area (TPSA) is 22.8 Å². The van der Waals surface area contributed by atoms with Crippen LogP contribution in [0.3, 0.4) is 0 Å². The molecule has 13 aromatic rings. The molecule has 11 aromatic carbocycles. The Balaban J connectivity index is 0.928. The van der Waals surface area contributed by atoms with Crippen LogP contribution in [0.25, 0.3) is 88.3 Å². The predicted octanol–water partition coefficient (Wildman–Crippen LogP) is 13.1. The molecule has 0 atom stereocenters. The summed E-state index contributed by atoms with van der Waals surface area (Å²) in [6.45, 7) is 0. The molecule has 0 fully saturated rings. The van der Waals surface area contributed by atoms with E-state index in [4.69, 9.17) is 4.98 Å². The number of benzene rings is 11. The van der Waals surface area contributed by atoms with E-state index in [9.17, 15) is 0 Å². The van der Waals surface area contributed by atoms with Crippen molar-refractivity contribution < 1.29 is 0 Å². The Morgan fingerprint density at radius 2 is 0.642 bits per heavy atom. The lowest BCUT2D eigenvalue weighted by Crippen LogP contribution is -2.74. The minimum Gasteiger partial charge on any atom is -0.309 e. The second kappa shape index (κ2) is 15.8. The van der Waals surface area contributed by atoms with Gasteiger partial charge in [0.2, 0.25) is 0 Å². The molecule has 0 aliphatic carbocycles. The number of imidazole rings is 1. The molecule has 3 nitrogen and oxygen atoms in total. The molecule has 0 N–H and O–H groups in total. The van der Waals surface area contributed by atoms with Crippen molar-refractivity contribution in [3.63, 3.8) is 0 Å². The molecule has 13 rings (SSSR count). The number of aromatic nitrogens is 3. The summed E-state index contributed by atoms with van der Waals surface area (Å²) in [5.41, 5.74) is 10.2. The van der Waals surface area contributed by atoms with E-state index in [1.54, 1.807) is 0 Å². The van der Waals surface area contributed by atoms with E-state index in [-0.39, 0.29) is 0 Å².